The molecule has 1 aromatic carbocycles. The van der Waals surface area contributed by atoms with E-state index in [-0.39, 0.29) is 0 Å². The molecule has 4 rings (SSSR count). The van der Waals surface area contributed by atoms with E-state index >= 15 is 0 Å². The lowest BCUT2D eigenvalue weighted by atomic mass is 10.0. The molecule has 0 saturated carbocycles. The quantitative estimate of drug-likeness (QED) is 0.706. The summed E-state index contributed by atoms with van der Waals surface area (Å²) in [5.74, 6) is 1.59. The molecule has 122 valence electrons. The third-order valence-corrected chi connectivity index (χ3v) is 4.45. The molecule has 1 aliphatic heterocycles. The van der Waals surface area contributed by atoms with Crippen molar-refractivity contribution in [1.82, 2.24) is 15.1 Å². The van der Waals surface area contributed by atoms with Crippen LogP contribution in [0.4, 0.5) is 5.95 Å². The number of benzene rings is 1. The number of hydrogen-bond acceptors (Lipinski definition) is 5. The zero-order valence-corrected chi connectivity index (χ0v) is 14.3. The Morgan fingerprint density at radius 1 is 1.08 bits per heavy atom. The summed E-state index contributed by atoms with van der Waals surface area (Å²) in [6.07, 6.45) is 0.854. The van der Waals surface area contributed by atoms with Crippen LogP contribution in [0.3, 0.4) is 0 Å². The summed E-state index contributed by atoms with van der Waals surface area (Å²) in [5, 5.41) is 4.98. The molecule has 1 aliphatic rings. The average Bonchev–Trinajstić information content (AvgIpc) is 2.98. The second-order valence-electron chi connectivity index (χ2n) is 6.07. The second-order valence-corrected chi connectivity index (χ2v) is 6.50. The van der Waals surface area contributed by atoms with Gasteiger partial charge in [0.2, 0.25) is 5.95 Å². The van der Waals surface area contributed by atoms with E-state index in [1.54, 1.807) is 0 Å². The molecule has 0 N–H and O–H groups in total. The maximum atomic E-state index is 5.96. The monoisotopic (exact) mass is 340 g/mol. The van der Waals surface area contributed by atoms with Crippen LogP contribution >= 0.6 is 11.6 Å². The highest BCUT2D eigenvalue weighted by atomic mass is 35.5. The largest absolute Gasteiger partial charge is 0.356 e. The molecule has 2 aromatic heterocycles. The number of anilines is 1. The molecule has 24 heavy (non-hydrogen) atoms. The summed E-state index contributed by atoms with van der Waals surface area (Å²) in [7, 11) is 0. The van der Waals surface area contributed by atoms with E-state index in [2.05, 4.69) is 20.0 Å². The van der Waals surface area contributed by atoms with Crippen molar-refractivity contribution >= 4 is 17.5 Å². The standard InChI is InChI=1S/C18H17ClN4O/c1-11-9-12(2)21-18(20-11)23-8-7-15-16(10-23)22-24-17(15)13-3-5-14(19)6-4-13/h3-6,9H,7-8,10H2,1-2H3. The van der Waals surface area contributed by atoms with Gasteiger partial charge in [-0.3, -0.25) is 0 Å². The Balaban J connectivity index is 1.64. The van der Waals surface area contributed by atoms with Gasteiger partial charge in [-0.1, -0.05) is 16.8 Å². The fourth-order valence-electron chi connectivity index (χ4n) is 3.08. The summed E-state index contributed by atoms with van der Waals surface area (Å²) in [6.45, 7) is 5.48. The third kappa shape index (κ3) is 2.76. The van der Waals surface area contributed by atoms with Gasteiger partial charge in [0.25, 0.3) is 0 Å². The van der Waals surface area contributed by atoms with Crippen LogP contribution in [0, 0.1) is 13.8 Å². The maximum Gasteiger partial charge on any atom is 0.226 e. The van der Waals surface area contributed by atoms with E-state index in [0.717, 1.165) is 52.9 Å². The number of nitrogens with zero attached hydrogens (tertiary/aromatic N) is 4. The first-order valence-corrected chi connectivity index (χ1v) is 8.28. The zero-order chi connectivity index (χ0) is 16.7. The fourth-order valence-corrected chi connectivity index (χ4v) is 3.20. The molecule has 5 nitrogen and oxygen atoms in total. The number of fused-ring (bicyclic) bond motifs is 1. The van der Waals surface area contributed by atoms with Gasteiger partial charge < -0.3 is 9.42 Å². The number of halogens is 1. The lowest BCUT2D eigenvalue weighted by Gasteiger charge is -2.26. The SMILES string of the molecule is Cc1cc(C)nc(N2CCc3c(noc3-c3ccc(Cl)cc3)C2)n1. The molecule has 0 bridgehead atoms. The first-order valence-electron chi connectivity index (χ1n) is 7.91. The fraction of sp³-hybridized carbons (Fsp3) is 0.278. The Bertz CT molecular complexity index is 868. The molecular formula is C18H17ClN4O. The zero-order valence-electron chi connectivity index (χ0n) is 13.6. The normalized spacial score (nSPS) is 13.9. The Morgan fingerprint density at radius 2 is 1.79 bits per heavy atom. The molecule has 0 unspecified atom stereocenters. The predicted octanol–water partition coefficient (Wildman–Crippen LogP) is 3.96. The smallest absolute Gasteiger partial charge is 0.226 e. The van der Waals surface area contributed by atoms with Gasteiger partial charge in [-0.05, 0) is 50.6 Å². The highest BCUT2D eigenvalue weighted by molar-refractivity contribution is 6.30. The Kier molecular flexibility index (Phi) is 3.73. The van der Waals surface area contributed by atoms with Crippen molar-refractivity contribution in [3.63, 3.8) is 0 Å². The maximum absolute atomic E-state index is 5.96. The van der Waals surface area contributed by atoms with E-state index in [4.69, 9.17) is 16.1 Å². The minimum Gasteiger partial charge on any atom is -0.356 e. The van der Waals surface area contributed by atoms with Gasteiger partial charge >= 0.3 is 0 Å². The van der Waals surface area contributed by atoms with Gasteiger partial charge in [-0.15, -0.1) is 0 Å². The molecule has 0 atom stereocenters. The summed E-state index contributed by atoms with van der Waals surface area (Å²) < 4.78 is 5.61. The van der Waals surface area contributed by atoms with Gasteiger partial charge in [0.05, 0.1) is 6.54 Å². The Morgan fingerprint density at radius 3 is 2.50 bits per heavy atom. The molecule has 3 heterocycles. The van der Waals surface area contributed by atoms with Gasteiger partial charge in [0.1, 0.15) is 5.69 Å². The average molecular weight is 341 g/mol. The minimum absolute atomic E-state index is 0.662. The summed E-state index contributed by atoms with van der Waals surface area (Å²) >= 11 is 5.96. The lowest BCUT2D eigenvalue weighted by Crippen LogP contribution is -2.32. The van der Waals surface area contributed by atoms with Gasteiger partial charge in [0.15, 0.2) is 5.76 Å². The molecular weight excluding hydrogens is 324 g/mol. The van der Waals surface area contributed by atoms with Crippen molar-refractivity contribution in [1.29, 1.82) is 0 Å². The molecule has 0 spiro atoms. The van der Waals surface area contributed by atoms with Crippen molar-refractivity contribution in [2.45, 2.75) is 26.8 Å². The van der Waals surface area contributed by atoms with E-state index in [1.807, 2.05) is 44.2 Å². The number of aryl methyl sites for hydroxylation is 2. The molecule has 0 amide bonds. The van der Waals surface area contributed by atoms with Crippen LogP contribution < -0.4 is 4.90 Å². The van der Waals surface area contributed by atoms with Crippen molar-refractivity contribution in [3.8, 4) is 11.3 Å². The molecule has 0 saturated heterocycles. The first-order chi connectivity index (χ1) is 11.6. The van der Waals surface area contributed by atoms with E-state index in [9.17, 15) is 0 Å². The van der Waals surface area contributed by atoms with Crippen molar-refractivity contribution in [3.05, 3.63) is 58.0 Å². The van der Waals surface area contributed by atoms with Crippen LogP contribution in [-0.4, -0.2) is 21.7 Å². The first kappa shape index (κ1) is 15.1. The van der Waals surface area contributed by atoms with Gasteiger partial charge in [-0.25, -0.2) is 9.97 Å². The van der Waals surface area contributed by atoms with Gasteiger partial charge in [-0.2, -0.15) is 0 Å². The highest BCUT2D eigenvalue weighted by Crippen LogP contribution is 2.31. The Hall–Kier alpha value is -2.40. The van der Waals surface area contributed by atoms with Crippen LogP contribution in [0.5, 0.6) is 0 Å². The molecule has 0 fully saturated rings. The molecule has 0 radical (unpaired) electrons. The van der Waals surface area contributed by atoms with Crippen molar-refractivity contribution < 1.29 is 4.52 Å². The van der Waals surface area contributed by atoms with Crippen LogP contribution in [0.1, 0.15) is 22.6 Å². The summed E-state index contributed by atoms with van der Waals surface area (Å²) in [5.41, 5.74) is 5.08. The predicted molar refractivity (Wildman–Crippen MR) is 93.2 cm³/mol. The van der Waals surface area contributed by atoms with E-state index < -0.39 is 0 Å². The summed E-state index contributed by atoms with van der Waals surface area (Å²) in [4.78, 5) is 11.2. The van der Waals surface area contributed by atoms with Crippen LogP contribution in [-0.2, 0) is 13.0 Å². The van der Waals surface area contributed by atoms with Gasteiger partial charge in [0, 0.05) is 34.1 Å². The summed E-state index contributed by atoms with van der Waals surface area (Å²) in [6, 6.07) is 9.63. The van der Waals surface area contributed by atoms with Crippen molar-refractivity contribution in [2.75, 3.05) is 11.4 Å². The lowest BCUT2D eigenvalue weighted by molar-refractivity contribution is 0.423. The number of rotatable bonds is 2. The highest BCUT2D eigenvalue weighted by Gasteiger charge is 2.26. The molecule has 3 aromatic rings. The minimum atomic E-state index is 0.662. The van der Waals surface area contributed by atoms with Crippen LogP contribution in [0.15, 0.2) is 34.9 Å². The van der Waals surface area contributed by atoms with E-state index in [1.165, 1.54) is 0 Å². The Labute approximate surface area is 145 Å². The molecule has 6 heteroatoms. The van der Waals surface area contributed by atoms with Crippen LogP contribution in [0.2, 0.25) is 5.02 Å². The van der Waals surface area contributed by atoms with Crippen molar-refractivity contribution in [2.24, 2.45) is 0 Å². The third-order valence-electron chi connectivity index (χ3n) is 4.20. The number of hydrogen-bond donors (Lipinski definition) is 0. The van der Waals surface area contributed by atoms with Crippen LogP contribution in [0.25, 0.3) is 11.3 Å². The van der Waals surface area contributed by atoms with E-state index in [0.29, 0.717) is 11.6 Å². The molecule has 0 aliphatic carbocycles. The number of aromatic nitrogens is 3. The second kappa shape index (κ2) is 5.91. The topological polar surface area (TPSA) is 55.1 Å².